The second kappa shape index (κ2) is 3.18. The van der Waals surface area contributed by atoms with Gasteiger partial charge in [-0.1, -0.05) is 15.9 Å². The van der Waals surface area contributed by atoms with Crippen molar-refractivity contribution in [2.45, 2.75) is 6.92 Å². The van der Waals surface area contributed by atoms with Crippen LogP contribution in [0.15, 0.2) is 22.9 Å². The summed E-state index contributed by atoms with van der Waals surface area (Å²) in [6, 6.07) is 4.09. The lowest BCUT2D eigenvalue weighted by molar-refractivity contribution is 1.21. The first-order valence-electron chi connectivity index (χ1n) is 4.85. The van der Waals surface area contributed by atoms with E-state index in [-0.39, 0.29) is 0 Å². The van der Waals surface area contributed by atoms with Gasteiger partial charge in [-0.15, -0.1) is 0 Å². The molecule has 0 radical (unpaired) electrons. The summed E-state index contributed by atoms with van der Waals surface area (Å²) in [7, 11) is 0. The number of hydrogen-bond acceptors (Lipinski definition) is 3. The highest BCUT2D eigenvalue weighted by Gasteiger charge is 2.11. The van der Waals surface area contributed by atoms with Gasteiger partial charge in [0.25, 0.3) is 0 Å². The maximum atomic E-state index is 5.88. The van der Waals surface area contributed by atoms with Gasteiger partial charge in [0.2, 0.25) is 0 Å². The van der Waals surface area contributed by atoms with Crippen LogP contribution >= 0.6 is 15.9 Å². The predicted octanol–water partition coefficient (Wildman–Crippen LogP) is 2.76. The Balaban J connectivity index is 2.63. The van der Waals surface area contributed by atoms with Crippen molar-refractivity contribution in [1.29, 1.82) is 0 Å². The van der Waals surface area contributed by atoms with Crippen LogP contribution in [0.25, 0.3) is 21.9 Å². The molecule has 0 fully saturated rings. The molecular formula is C11H9BrN4. The van der Waals surface area contributed by atoms with E-state index in [0.717, 1.165) is 32.0 Å². The van der Waals surface area contributed by atoms with Gasteiger partial charge in [-0.05, 0) is 24.6 Å². The van der Waals surface area contributed by atoms with Crippen LogP contribution in [0, 0.1) is 6.92 Å². The third-order valence-corrected chi connectivity index (χ3v) is 3.15. The van der Waals surface area contributed by atoms with E-state index in [1.54, 1.807) is 0 Å². The number of nitrogens with two attached hydrogens (primary N) is 1. The standard InChI is InChI=1S/C11H9BrN4/c1-5-2-6(12)3-7-8-10(13)14-4-15-11(8)16-9(5)7/h2-4H,1H3,(H3,13,14,15,16). The SMILES string of the molecule is Cc1cc(Br)cc2c1[nH]c1ncnc(N)c12. The number of benzene rings is 1. The molecule has 0 atom stereocenters. The lowest BCUT2D eigenvalue weighted by Crippen LogP contribution is -1.91. The number of aromatic amines is 1. The molecule has 1 aromatic carbocycles. The summed E-state index contributed by atoms with van der Waals surface area (Å²) in [6.45, 7) is 2.05. The molecule has 0 saturated heterocycles. The van der Waals surface area contributed by atoms with E-state index >= 15 is 0 Å². The summed E-state index contributed by atoms with van der Waals surface area (Å²) in [6.07, 6.45) is 1.47. The minimum absolute atomic E-state index is 0.508. The Kier molecular flexibility index (Phi) is 1.91. The van der Waals surface area contributed by atoms with E-state index < -0.39 is 0 Å². The Morgan fingerprint density at radius 3 is 2.94 bits per heavy atom. The van der Waals surface area contributed by atoms with Gasteiger partial charge in [0.1, 0.15) is 17.8 Å². The number of aryl methyl sites for hydroxylation is 1. The zero-order chi connectivity index (χ0) is 11.3. The molecule has 3 rings (SSSR count). The molecule has 80 valence electrons. The molecule has 2 heterocycles. The summed E-state index contributed by atoms with van der Waals surface area (Å²) in [5.74, 6) is 0.508. The second-order valence-corrected chi connectivity index (χ2v) is 4.67. The molecule has 0 spiro atoms. The van der Waals surface area contributed by atoms with Gasteiger partial charge in [0.15, 0.2) is 0 Å². The first kappa shape index (κ1) is 9.59. The van der Waals surface area contributed by atoms with Crippen molar-refractivity contribution in [1.82, 2.24) is 15.0 Å². The highest BCUT2D eigenvalue weighted by molar-refractivity contribution is 9.10. The molecule has 5 heteroatoms. The summed E-state index contributed by atoms with van der Waals surface area (Å²) < 4.78 is 1.03. The van der Waals surface area contributed by atoms with Gasteiger partial charge in [0, 0.05) is 9.86 Å². The smallest absolute Gasteiger partial charge is 0.143 e. The molecule has 3 N–H and O–H groups in total. The first-order valence-corrected chi connectivity index (χ1v) is 5.64. The van der Waals surface area contributed by atoms with Gasteiger partial charge in [0.05, 0.1) is 10.9 Å². The van der Waals surface area contributed by atoms with Crippen molar-refractivity contribution in [3.05, 3.63) is 28.5 Å². The summed E-state index contributed by atoms with van der Waals surface area (Å²) in [5, 5.41) is 1.95. The van der Waals surface area contributed by atoms with Gasteiger partial charge < -0.3 is 10.7 Å². The minimum Gasteiger partial charge on any atom is -0.383 e. The van der Waals surface area contributed by atoms with Crippen LogP contribution in [0.1, 0.15) is 5.56 Å². The Labute approximate surface area is 100 Å². The molecule has 0 bridgehead atoms. The fraction of sp³-hybridized carbons (Fsp3) is 0.0909. The average Bonchev–Trinajstić information content (AvgIpc) is 2.58. The Bertz CT molecular complexity index is 702. The average molecular weight is 277 g/mol. The fourth-order valence-corrected chi connectivity index (χ4v) is 2.56. The Morgan fingerprint density at radius 2 is 2.12 bits per heavy atom. The van der Waals surface area contributed by atoms with Crippen LogP contribution in [0.4, 0.5) is 5.82 Å². The first-order chi connectivity index (χ1) is 7.66. The number of nitrogens with one attached hydrogen (secondary N) is 1. The van der Waals surface area contributed by atoms with Crippen LogP contribution in [0.2, 0.25) is 0 Å². The number of anilines is 1. The molecule has 0 saturated carbocycles. The maximum absolute atomic E-state index is 5.88. The quantitative estimate of drug-likeness (QED) is 0.664. The molecule has 0 aliphatic heterocycles. The molecule has 0 unspecified atom stereocenters. The van der Waals surface area contributed by atoms with E-state index in [2.05, 4.69) is 36.9 Å². The normalized spacial score (nSPS) is 11.4. The number of aromatic nitrogens is 3. The van der Waals surface area contributed by atoms with Crippen LogP contribution < -0.4 is 5.73 Å². The van der Waals surface area contributed by atoms with Crippen molar-refractivity contribution < 1.29 is 0 Å². The fourth-order valence-electron chi connectivity index (χ4n) is 1.98. The molecule has 2 aromatic heterocycles. The number of rotatable bonds is 0. The number of fused-ring (bicyclic) bond motifs is 3. The Morgan fingerprint density at radius 1 is 1.31 bits per heavy atom. The number of nitrogens with zero attached hydrogens (tertiary/aromatic N) is 2. The van der Waals surface area contributed by atoms with Crippen LogP contribution in [-0.2, 0) is 0 Å². The van der Waals surface area contributed by atoms with Gasteiger partial charge in [-0.3, -0.25) is 0 Å². The molecule has 0 amide bonds. The molecule has 4 nitrogen and oxygen atoms in total. The van der Waals surface area contributed by atoms with Crippen molar-refractivity contribution in [3.63, 3.8) is 0 Å². The number of H-pyrrole nitrogens is 1. The van der Waals surface area contributed by atoms with Crippen molar-refractivity contribution in [3.8, 4) is 0 Å². The zero-order valence-corrected chi connectivity index (χ0v) is 10.2. The molecule has 0 aliphatic rings. The number of halogens is 1. The minimum atomic E-state index is 0.508. The van der Waals surface area contributed by atoms with E-state index in [9.17, 15) is 0 Å². The van der Waals surface area contributed by atoms with Crippen molar-refractivity contribution in [2.24, 2.45) is 0 Å². The Hall–Kier alpha value is -1.62. The molecule has 0 aliphatic carbocycles. The summed E-state index contributed by atoms with van der Waals surface area (Å²) >= 11 is 3.48. The molecular weight excluding hydrogens is 268 g/mol. The van der Waals surface area contributed by atoms with Crippen LogP contribution in [0.3, 0.4) is 0 Å². The van der Waals surface area contributed by atoms with Gasteiger partial charge in [-0.25, -0.2) is 9.97 Å². The molecule has 3 aromatic rings. The van der Waals surface area contributed by atoms with Crippen LogP contribution in [0.5, 0.6) is 0 Å². The van der Waals surface area contributed by atoms with E-state index in [0.29, 0.717) is 5.82 Å². The van der Waals surface area contributed by atoms with Crippen molar-refractivity contribution in [2.75, 3.05) is 5.73 Å². The number of hydrogen-bond donors (Lipinski definition) is 2. The maximum Gasteiger partial charge on any atom is 0.143 e. The second-order valence-electron chi connectivity index (χ2n) is 3.75. The highest BCUT2D eigenvalue weighted by atomic mass is 79.9. The highest BCUT2D eigenvalue weighted by Crippen LogP contribution is 2.31. The molecule has 16 heavy (non-hydrogen) atoms. The van der Waals surface area contributed by atoms with Crippen molar-refractivity contribution >= 4 is 43.7 Å². The van der Waals surface area contributed by atoms with Gasteiger partial charge >= 0.3 is 0 Å². The number of nitrogen functional groups attached to an aromatic ring is 1. The predicted molar refractivity (Wildman–Crippen MR) is 68.2 cm³/mol. The van der Waals surface area contributed by atoms with Gasteiger partial charge in [-0.2, -0.15) is 0 Å². The topological polar surface area (TPSA) is 67.6 Å². The van der Waals surface area contributed by atoms with E-state index in [1.807, 2.05) is 13.0 Å². The zero-order valence-electron chi connectivity index (χ0n) is 8.58. The summed E-state index contributed by atoms with van der Waals surface area (Å²) in [5.41, 5.74) is 8.88. The van der Waals surface area contributed by atoms with Crippen LogP contribution in [-0.4, -0.2) is 15.0 Å². The van der Waals surface area contributed by atoms with E-state index in [1.165, 1.54) is 6.33 Å². The van der Waals surface area contributed by atoms with E-state index in [4.69, 9.17) is 5.73 Å². The largest absolute Gasteiger partial charge is 0.383 e. The lowest BCUT2D eigenvalue weighted by Gasteiger charge is -1.98. The lowest BCUT2D eigenvalue weighted by atomic mass is 10.1. The third-order valence-electron chi connectivity index (χ3n) is 2.69. The third kappa shape index (κ3) is 1.21. The summed E-state index contributed by atoms with van der Waals surface area (Å²) in [4.78, 5) is 11.5. The monoisotopic (exact) mass is 276 g/mol.